The Labute approximate surface area is 178 Å². The van der Waals surface area contributed by atoms with E-state index < -0.39 is 0 Å². The average molecular weight is 410 g/mol. The number of ether oxygens (including phenoxy) is 1. The van der Waals surface area contributed by atoms with Crippen molar-refractivity contribution in [3.05, 3.63) is 48.3 Å². The molecule has 0 radical (unpaired) electrons. The molecule has 0 aliphatic carbocycles. The molecule has 3 heterocycles. The zero-order chi connectivity index (χ0) is 20.8. The lowest BCUT2D eigenvalue weighted by molar-refractivity contribution is -0.137. The summed E-state index contributed by atoms with van der Waals surface area (Å²) in [6.07, 6.45) is 5.48. The van der Waals surface area contributed by atoms with Gasteiger partial charge in [0.15, 0.2) is 0 Å². The molecule has 7 heteroatoms. The Morgan fingerprint density at radius 3 is 2.50 bits per heavy atom. The van der Waals surface area contributed by atoms with Gasteiger partial charge >= 0.3 is 0 Å². The quantitative estimate of drug-likeness (QED) is 0.730. The first-order valence-electron chi connectivity index (χ1n) is 11.0. The number of piperazine rings is 1. The van der Waals surface area contributed by atoms with Crippen LogP contribution < -0.4 is 9.64 Å². The summed E-state index contributed by atoms with van der Waals surface area (Å²) in [4.78, 5) is 28.4. The van der Waals surface area contributed by atoms with Crippen LogP contribution in [-0.2, 0) is 11.3 Å². The topological polar surface area (TPSA) is 61.8 Å². The summed E-state index contributed by atoms with van der Waals surface area (Å²) in [7, 11) is 0. The van der Waals surface area contributed by atoms with Crippen LogP contribution in [0.15, 0.2) is 42.7 Å². The van der Waals surface area contributed by atoms with Crippen LogP contribution >= 0.6 is 0 Å². The number of hydrogen-bond acceptors (Lipinski definition) is 6. The van der Waals surface area contributed by atoms with Gasteiger partial charge in [-0.2, -0.15) is 0 Å². The number of carbonyl (C=O) groups is 1. The molecule has 160 valence electrons. The highest BCUT2D eigenvalue weighted by Crippen LogP contribution is 2.23. The van der Waals surface area contributed by atoms with Gasteiger partial charge in [-0.15, -0.1) is 0 Å². The standard InChI is InChI=1S/C23H31N5O2/c1-2-30-21-8-6-19(7-9-21)17-26-13-15-27(16-14-26)22(29)20-5-3-12-28(18-20)23-24-10-4-11-25-23/h4,6-11,20H,2-3,5,12-18H2,1H3. The van der Waals surface area contributed by atoms with Gasteiger partial charge in [-0.05, 0) is 43.5 Å². The number of carbonyl (C=O) groups excluding carboxylic acids is 1. The summed E-state index contributed by atoms with van der Waals surface area (Å²) in [5, 5.41) is 0. The van der Waals surface area contributed by atoms with E-state index in [1.807, 2.05) is 25.1 Å². The van der Waals surface area contributed by atoms with Crippen LogP contribution in [0.4, 0.5) is 5.95 Å². The minimum Gasteiger partial charge on any atom is -0.494 e. The third-order valence-corrected chi connectivity index (χ3v) is 5.93. The Morgan fingerprint density at radius 1 is 1.07 bits per heavy atom. The molecule has 0 saturated carbocycles. The number of amides is 1. The Hall–Kier alpha value is -2.67. The molecule has 0 bridgehead atoms. The average Bonchev–Trinajstić information content (AvgIpc) is 2.81. The first-order chi connectivity index (χ1) is 14.7. The number of benzene rings is 1. The van der Waals surface area contributed by atoms with Crippen LogP contribution in [0.1, 0.15) is 25.3 Å². The number of rotatable bonds is 6. The second-order valence-electron chi connectivity index (χ2n) is 8.01. The lowest BCUT2D eigenvalue weighted by Crippen LogP contribution is -2.52. The maximum atomic E-state index is 13.1. The molecular formula is C23H31N5O2. The van der Waals surface area contributed by atoms with E-state index in [4.69, 9.17) is 4.74 Å². The van der Waals surface area contributed by atoms with Crippen molar-refractivity contribution in [2.24, 2.45) is 5.92 Å². The second-order valence-corrected chi connectivity index (χ2v) is 8.01. The molecule has 7 nitrogen and oxygen atoms in total. The maximum absolute atomic E-state index is 13.1. The Morgan fingerprint density at radius 2 is 1.80 bits per heavy atom. The third-order valence-electron chi connectivity index (χ3n) is 5.93. The summed E-state index contributed by atoms with van der Waals surface area (Å²) < 4.78 is 5.52. The first-order valence-corrected chi connectivity index (χ1v) is 11.0. The lowest BCUT2D eigenvalue weighted by Gasteiger charge is -2.39. The smallest absolute Gasteiger partial charge is 0.227 e. The molecule has 1 atom stereocenters. The molecule has 0 N–H and O–H groups in total. The molecule has 30 heavy (non-hydrogen) atoms. The minimum absolute atomic E-state index is 0.0419. The highest BCUT2D eigenvalue weighted by atomic mass is 16.5. The molecule has 2 aliphatic rings. The van der Waals surface area contributed by atoms with E-state index in [1.165, 1.54) is 5.56 Å². The van der Waals surface area contributed by atoms with Gasteiger partial charge in [0.05, 0.1) is 12.5 Å². The van der Waals surface area contributed by atoms with Gasteiger partial charge in [-0.1, -0.05) is 12.1 Å². The molecule has 4 rings (SSSR count). The summed E-state index contributed by atoms with van der Waals surface area (Å²) in [6.45, 7) is 8.66. The number of hydrogen-bond donors (Lipinski definition) is 0. The van der Waals surface area contributed by atoms with Crippen molar-refractivity contribution in [3.63, 3.8) is 0 Å². The summed E-state index contributed by atoms with van der Waals surface area (Å²) >= 11 is 0. The largest absolute Gasteiger partial charge is 0.494 e. The summed E-state index contributed by atoms with van der Waals surface area (Å²) in [5.74, 6) is 1.98. The highest BCUT2D eigenvalue weighted by Gasteiger charge is 2.31. The Kier molecular flexibility index (Phi) is 6.79. The van der Waals surface area contributed by atoms with Crippen LogP contribution in [0, 0.1) is 5.92 Å². The van der Waals surface area contributed by atoms with Gasteiger partial charge in [-0.25, -0.2) is 9.97 Å². The maximum Gasteiger partial charge on any atom is 0.227 e. The number of piperidine rings is 1. The Balaban J connectivity index is 1.26. The molecular weight excluding hydrogens is 378 g/mol. The highest BCUT2D eigenvalue weighted by molar-refractivity contribution is 5.79. The zero-order valence-electron chi connectivity index (χ0n) is 17.7. The molecule has 2 saturated heterocycles. The molecule has 1 unspecified atom stereocenters. The van der Waals surface area contributed by atoms with E-state index in [0.29, 0.717) is 6.61 Å². The van der Waals surface area contributed by atoms with Crippen molar-refractivity contribution < 1.29 is 9.53 Å². The van der Waals surface area contributed by atoms with Gasteiger partial charge in [0, 0.05) is 58.2 Å². The van der Waals surface area contributed by atoms with Gasteiger partial charge in [-0.3, -0.25) is 9.69 Å². The van der Waals surface area contributed by atoms with Gasteiger partial charge in [0.25, 0.3) is 0 Å². The van der Waals surface area contributed by atoms with E-state index in [0.717, 1.165) is 70.4 Å². The molecule has 1 aromatic heterocycles. The van der Waals surface area contributed by atoms with Crippen molar-refractivity contribution in [1.82, 2.24) is 19.8 Å². The molecule has 1 aromatic carbocycles. The molecule has 2 aliphatic heterocycles. The van der Waals surface area contributed by atoms with E-state index in [2.05, 4.69) is 36.8 Å². The van der Waals surface area contributed by atoms with Gasteiger partial charge < -0.3 is 14.5 Å². The van der Waals surface area contributed by atoms with Crippen LogP contribution in [0.5, 0.6) is 5.75 Å². The summed E-state index contributed by atoms with van der Waals surface area (Å²) in [6, 6.07) is 10.1. The van der Waals surface area contributed by atoms with Crippen LogP contribution in [0.3, 0.4) is 0 Å². The number of anilines is 1. The van der Waals surface area contributed by atoms with E-state index in [9.17, 15) is 4.79 Å². The van der Waals surface area contributed by atoms with E-state index in [-0.39, 0.29) is 11.8 Å². The van der Waals surface area contributed by atoms with Crippen molar-refractivity contribution in [3.8, 4) is 5.75 Å². The van der Waals surface area contributed by atoms with Crippen molar-refractivity contribution in [1.29, 1.82) is 0 Å². The third kappa shape index (κ3) is 5.08. The van der Waals surface area contributed by atoms with Gasteiger partial charge in [0.2, 0.25) is 11.9 Å². The molecule has 2 fully saturated rings. The van der Waals surface area contributed by atoms with E-state index >= 15 is 0 Å². The van der Waals surface area contributed by atoms with Crippen molar-refractivity contribution in [2.45, 2.75) is 26.3 Å². The predicted molar refractivity (Wildman–Crippen MR) is 116 cm³/mol. The normalized spacial score (nSPS) is 20.2. The first kappa shape index (κ1) is 20.6. The van der Waals surface area contributed by atoms with Crippen LogP contribution in [-0.4, -0.2) is 71.6 Å². The SMILES string of the molecule is CCOc1ccc(CN2CCN(C(=O)C3CCCN(c4ncccn4)C3)CC2)cc1. The Bertz CT molecular complexity index is 806. The van der Waals surface area contributed by atoms with E-state index in [1.54, 1.807) is 12.4 Å². The fourth-order valence-corrected chi connectivity index (χ4v) is 4.32. The lowest BCUT2D eigenvalue weighted by atomic mass is 9.96. The fourth-order valence-electron chi connectivity index (χ4n) is 4.32. The predicted octanol–water partition coefficient (Wildman–Crippen LogP) is 2.44. The van der Waals surface area contributed by atoms with Gasteiger partial charge in [0.1, 0.15) is 5.75 Å². The monoisotopic (exact) mass is 409 g/mol. The number of aromatic nitrogens is 2. The van der Waals surface area contributed by atoms with Crippen molar-refractivity contribution >= 4 is 11.9 Å². The minimum atomic E-state index is 0.0419. The van der Waals surface area contributed by atoms with Crippen LogP contribution in [0.2, 0.25) is 0 Å². The summed E-state index contributed by atoms with van der Waals surface area (Å²) in [5.41, 5.74) is 1.28. The molecule has 1 amide bonds. The fraction of sp³-hybridized carbons (Fsp3) is 0.522. The number of nitrogens with zero attached hydrogens (tertiary/aromatic N) is 5. The molecule has 2 aromatic rings. The van der Waals surface area contributed by atoms with Crippen LogP contribution in [0.25, 0.3) is 0 Å². The zero-order valence-corrected chi connectivity index (χ0v) is 17.7. The van der Waals surface area contributed by atoms with Crippen molar-refractivity contribution in [2.75, 3.05) is 50.8 Å². The second kappa shape index (κ2) is 9.89. The molecule has 0 spiro atoms.